The fourth-order valence-electron chi connectivity index (χ4n) is 1.74. The molecule has 0 amide bonds. The zero-order valence-electron chi connectivity index (χ0n) is 7.99. The van der Waals surface area contributed by atoms with Gasteiger partial charge in [0, 0.05) is 13.1 Å². The summed E-state index contributed by atoms with van der Waals surface area (Å²) in [6.07, 6.45) is 2.58. The van der Waals surface area contributed by atoms with E-state index < -0.39 is 6.17 Å². The van der Waals surface area contributed by atoms with Crippen molar-refractivity contribution in [1.29, 1.82) is 0 Å². The van der Waals surface area contributed by atoms with E-state index in [4.69, 9.17) is 5.73 Å². The first kappa shape index (κ1) is 9.24. The molecule has 1 atom stereocenters. The van der Waals surface area contributed by atoms with Gasteiger partial charge in [0.1, 0.15) is 12.0 Å². The molecule has 2 N–H and O–H groups in total. The van der Waals surface area contributed by atoms with Crippen LogP contribution in [-0.2, 0) is 0 Å². The minimum absolute atomic E-state index is 0.478. The van der Waals surface area contributed by atoms with Crippen LogP contribution in [0.25, 0.3) is 0 Å². The molecule has 1 aromatic heterocycles. The van der Waals surface area contributed by atoms with Crippen LogP contribution in [0.3, 0.4) is 0 Å². The number of alkyl halides is 1. The van der Waals surface area contributed by atoms with Gasteiger partial charge in [-0.25, -0.2) is 9.37 Å². The van der Waals surface area contributed by atoms with Crippen LogP contribution in [-0.4, -0.2) is 24.2 Å². The van der Waals surface area contributed by atoms with Gasteiger partial charge in [-0.15, -0.1) is 0 Å². The number of anilines is 2. The molecule has 0 spiro atoms. The molecule has 0 aromatic carbocycles. The molecule has 0 radical (unpaired) electrons. The number of hydrogen-bond donors (Lipinski definition) is 1. The van der Waals surface area contributed by atoms with Gasteiger partial charge in [-0.2, -0.15) is 0 Å². The number of nitrogen functional groups attached to an aromatic ring is 1. The molecule has 1 fully saturated rings. The molecule has 1 saturated heterocycles. The second-order valence-electron chi connectivity index (χ2n) is 3.63. The average Bonchev–Trinajstić information content (AvgIpc) is 2.19. The molecular formula is C10H14FN3. The molecule has 2 heterocycles. The molecule has 1 unspecified atom stereocenters. The first-order chi connectivity index (χ1) is 6.75. The van der Waals surface area contributed by atoms with Crippen LogP contribution in [0, 0.1) is 0 Å². The van der Waals surface area contributed by atoms with Crippen molar-refractivity contribution < 1.29 is 4.39 Å². The number of nitrogens with two attached hydrogens (primary N) is 1. The number of nitrogens with zero attached hydrogens (tertiary/aromatic N) is 2. The van der Waals surface area contributed by atoms with E-state index in [2.05, 4.69) is 4.98 Å². The van der Waals surface area contributed by atoms with Crippen LogP contribution < -0.4 is 10.6 Å². The lowest BCUT2D eigenvalue weighted by Crippen LogP contribution is -2.36. The van der Waals surface area contributed by atoms with Crippen molar-refractivity contribution in [2.24, 2.45) is 0 Å². The summed E-state index contributed by atoms with van der Waals surface area (Å²) in [6.45, 7) is 1.39. The van der Waals surface area contributed by atoms with Gasteiger partial charge in [-0.3, -0.25) is 0 Å². The highest BCUT2D eigenvalue weighted by atomic mass is 19.1. The van der Waals surface area contributed by atoms with E-state index in [1.165, 1.54) is 0 Å². The van der Waals surface area contributed by atoms with Gasteiger partial charge in [-0.1, -0.05) is 0 Å². The zero-order chi connectivity index (χ0) is 9.97. The van der Waals surface area contributed by atoms with Gasteiger partial charge in [0.2, 0.25) is 0 Å². The highest BCUT2D eigenvalue weighted by Gasteiger charge is 2.19. The van der Waals surface area contributed by atoms with E-state index >= 15 is 0 Å². The van der Waals surface area contributed by atoms with Crippen LogP contribution in [0.1, 0.15) is 12.8 Å². The van der Waals surface area contributed by atoms with Gasteiger partial charge in [-0.05, 0) is 25.0 Å². The number of hydrogen-bond acceptors (Lipinski definition) is 3. The first-order valence-corrected chi connectivity index (χ1v) is 4.86. The van der Waals surface area contributed by atoms with Crippen molar-refractivity contribution in [3.63, 3.8) is 0 Å². The molecule has 1 aromatic rings. The van der Waals surface area contributed by atoms with Crippen molar-refractivity contribution in [1.82, 2.24) is 4.98 Å². The fourth-order valence-corrected chi connectivity index (χ4v) is 1.74. The molecule has 1 aliphatic rings. The van der Waals surface area contributed by atoms with E-state index in [0.717, 1.165) is 18.7 Å². The number of piperidine rings is 1. The van der Waals surface area contributed by atoms with E-state index in [-0.39, 0.29) is 0 Å². The smallest absolute Gasteiger partial charge is 0.123 e. The molecule has 76 valence electrons. The first-order valence-electron chi connectivity index (χ1n) is 4.86. The lowest BCUT2D eigenvalue weighted by atomic mass is 10.1. The van der Waals surface area contributed by atoms with Crippen molar-refractivity contribution in [2.75, 3.05) is 23.7 Å². The maximum absolute atomic E-state index is 13.1. The Hall–Kier alpha value is -1.32. The Morgan fingerprint density at radius 2 is 2.36 bits per heavy atom. The Morgan fingerprint density at radius 3 is 3.00 bits per heavy atom. The molecule has 3 nitrogen and oxygen atoms in total. The van der Waals surface area contributed by atoms with E-state index in [1.54, 1.807) is 12.3 Å². The number of halogens is 1. The normalized spacial score (nSPS) is 22.4. The molecular weight excluding hydrogens is 181 g/mol. The summed E-state index contributed by atoms with van der Waals surface area (Å²) in [5, 5.41) is 0. The van der Waals surface area contributed by atoms with Crippen LogP contribution >= 0.6 is 0 Å². The molecule has 0 bridgehead atoms. The van der Waals surface area contributed by atoms with Crippen LogP contribution in [0.5, 0.6) is 0 Å². The summed E-state index contributed by atoms with van der Waals surface area (Å²) in [6, 6.07) is 3.64. The average molecular weight is 195 g/mol. The monoisotopic (exact) mass is 195 g/mol. The highest BCUT2D eigenvalue weighted by molar-refractivity contribution is 5.48. The van der Waals surface area contributed by atoms with Crippen LogP contribution in [0.15, 0.2) is 18.3 Å². The standard InChI is InChI=1S/C10H14FN3/c11-8-2-1-5-14(7-8)9-3-4-10(12)13-6-9/h3-4,6,8H,1-2,5,7H2,(H2,12,13). The van der Waals surface area contributed by atoms with Crippen LogP contribution in [0.2, 0.25) is 0 Å². The summed E-state index contributed by atoms with van der Waals surface area (Å²) in [7, 11) is 0. The summed E-state index contributed by atoms with van der Waals surface area (Å²) < 4.78 is 13.1. The van der Waals surface area contributed by atoms with E-state index in [0.29, 0.717) is 18.8 Å². The van der Waals surface area contributed by atoms with Gasteiger partial charge in [0.15, 0.2) is 0 Å². The van der Waals surface area contributed by atoms with E-state index in [9.17, 15) is 4.39 Å². The van der Waals surface area contributed by atoms with Crippen LogP contribution in [0.4, 0.5) is 15.9 Å². The Balaban J connectivity index is 2.10. The zero-order valence-corrected chi connectivity index (χ0v) is 7.99. The predicted octanol–water partition coefficient (Wildman–Crippen LogP) is 1.60. The third kappa shape index (κ3) is 1.95. The lowest BCUT2D eigenvalue weighted by Gasteiger charge is -2.30. The summed E-state index contributed by atoms with van der Waals surface area (Å²) in [5.41, 5.74) is 6.44. The van der Waals surface area contributed by atoms with Crippen molar-refractivity contribution in [3.8, 4) is 0 Å². The maximum Gasteiger partial charge on any atom is 0.123 e. The Morgan fingerprint density at radius 1 is 1.50 bits per heavy atom. The quantitative estimate of drug-likeness (QED) is 0.740. The minimum atomic E-state index is -0.707. The maximum atomic E-state index is 13.1. The molecule has 1 aliphatic heterocycles. The lowest BCUT2D eigenvalue weighted by molar-refractivity contribution is 0.287. The van der Waals surface area contributed by atoms with E-state index in [1.807, 2.05) is 11.0 Å². The molecule has 2 rings (SSSR count). The molecule has 0 aliphatic carbocycles. The summed E-state index contributed by atoms with van der Waals surface area (Å²) in [5.74, 6) is 0.502. The number of rotatable bonds is 1. The third-order valence-electron chi connectivity index (χ3n) is 2.50. The van der Waals surface area contributed by atoms with Crippen molar-refractivity contribution in [3.05, 3.63) is 18.3 Å². The second kappa shape index (κ2) is 3.82. The molecule has 4 heteroatoms. The largest absolute Gasteiger partial charge is 0.384 e. The van der Waals surface area contributed by atoms with Gasteiger partial charge < -0.3 is 10.6 Å². The second-order valence-corrected chi connectivity index (χ2v) is 3.63. The summed E-state index contributed by atoms with van der Waals surface area (Å²) in [4.78, 5) is 6.01. The Bertz CT molecular complexity index is 299. The number of pyridine rings is 1. The van der Waals surface area contributed by atoms with Gasteiger partial charge in [0.05, 0.1) is 11.9 Å². The summed E-state index contributed by atoms with van der Waals surface area (Å²) >= 11 is 0. The topological polar surface area (TPSA) is 42.1 Å². The molecule has 0 saturated carbocycles. The Kier molecular flexibility index (Phi) is 2.52. The predicted molar refractivity (Wildman–Crippen MR) is 55.0 cm³/mol. The number of aromatic nitrogens is 1. The van der Waals surface area contributed by atoms with Gasteiger partial charge >= 0.3 is 0 Å². The van der Waals surface area contributed by atoms with Gasteiger partial charge in [0.25, 0.3) is 0 Å². The van der Waals surface area contributed by atoms with Crippen molar-refractivity contribution in [2.45, 2.75) is 19.0 Å². The molecule has 14 heavy (non-hydrogen) atoms. The fraction of sp³-hybridized carbons (Fsp3) is 0.500. The SMILES string of the molecule is Nc1ccc(N2CCCC(F)C2)cn1. The Labute approximate surface area is 82.7 Å². The third-order valence-corrected chi connectivity index (χ3v) is 2.50. The van der Waals surface area contributed by atoms with Crippen molar-refractivity contribution >= 4 is 11.5 Å². The minimum Gasteiger partial charge on any atom is -0.384 e. The highest BCUT2D eigenvalue weighted by Crippen LogP contribution is 2.20.